The second-order valence-corrected chi connectivity index (χ2v) is 10.2. The highest BCUT2D eigenvalue weighted by atomic mass is 16.5. The molecule has 0 saturated carbocycles. The van der Waals surface area contributed by atoms with Gasteiger partial charge in [0.25, 0.3) is 0 Å². The lowest BCUT2D eigenvalue weighted by Crippen LogP contribution is -2.09. The van der Waals surface area contributed by atoms with Gasteiger partial charge in [-0.05, 0) is 104 Å². The van der Waals surface area contributed by atoms with Gasteiger partial charge >= 0.3 is 0 Å². The maximum Gasteiger partial charge on any atom is 0.119 e. The lowest BCUT2D eigenvalue weighted by molar-refractivity contribution is 0.415. The van der Waals surface area contributed by atoms with E-state index in [1.807, 2.05) is 24.3 Å². The summed E-state index contributed by atoms with van der Waals surface area (Å²) in [5.41, 5.74) is 5.53. The molecular weight excluding hydrogens is 502 g/mol. The lowest BCUT2D eigenvalue weighted by atomic mass is 9.92. The average Bonchev–Trinajstić information content (AvgIpc) is 3.04. The Bertz CT molecular complexity index is 1930. The van der Waals surface area contributed by atoms with Gasteiger partial charge in [0, 0.05) is 17.1 Å². The van der Waals surface area contributed by atoms with E-state index < -0.39 is 0 Å². The highest BCUT2D eigenvalue weighted by molar-refractivity contribution is 6.24. The molecule has 0 saturated heterocycles. The van der Waals surface area contributed by atoms with E-state index >= 15 is 0 Å². The zero-order valence-electron chi connectivity index (χ0n) is 23.0. The van der Waals surface area contributed by atoms with Crippen LogP contribution in [0.3, 0.4) is 0 Å². The zero-order chi connectivity index (χ0) is 27.8. The molecule has 0 aromatic heterocycles. The first kappa shape index (κ1) is 24.7. The smallest absolute Gasteiger partial charge is 0.119 e. The predicted octanol–water partition coefficient (Wildman–Crippen LogP) is 10.2. The summed E-state index contributed by atoms with van der Waals surface area (Å²) >= 11 is 0. The first-order valence-corrected chi connectivity index (χ1v) is 13.7. The molecular formula is C38H29NO2. The van der Waals surface area contributed by atoms with Crippen LogP contribution in [-0.2, 0) is 0 Å². The fourth-order valence-corrected chi connectivity index (χ4v) is 5.73. The van der Waals surface area contributed by atoms with Crippen molar-refractivity contribution in [3.63, 3.8) is 0 Å². The molecule has 0 aliphatic rings. The molecule has 41 heavy (non-hydrogen) atoms. The van der Waals surface area contributed by atoms with Crippen LogP contribution in [0.1, 0.15) is 11.1 Å². The normalized spacial score (nSPS) is 11.6. The SMILES string of the molecule is COc1ccc(N(c2ccc(C=Cc3ccc4ccc5cccc6ccc3c4c56)cc2)c2ccc(OC)cc2)cc1. The molecule has 0 N–H and O–H groups in total. The Morgan fingerprint density at radius 3 is 1.51 bits per heavy atom. The van der Waals surface area contributed by atoms with Crippen LogP contribution in [0.25, 0.3) is 44.5 Å². The van der Waals surface area contributed by atoms with Crippen LogP contribution in [0.2, 0.25) is 0 Å². The molecule has 0 bridgehead atoms. The highest BCUT2D eigenvalue weighted by Gasteiger charge is 2.13. The van der Waals surface area contributed by atoms with Gasteiger partial charge in [-0.15, -0.1) is 0 Å². The molecule has 7 aromatic rings. The monoisotopic (exact) mass is 531 g/mol. The molecule has 3 nitrogen and oxygen atoms in total. The van der Waals surface area contributed by atoms with E-state index in [1.54, 1.807) is 14.2 Å². The zero-order valence-corrected chi connectivity index (χ0v) is 23.0. The summed E-state index contributed by atoms with van der Waals surface area (Å²) in [5, 5.41) is 7.82. The summed E-state index contributed by atoms with van der Waals surface area (Å²) in [6.45, 7) is 0. The van der Waals surface area contributed by atoms with E-state index in [0.29, 0.717) is 0 Å². The molecule has 0 unspecified atom stereocenters. The van der Waals surface area contributed by atoms with E-state index in [1.165, 1.54) is 37.9 Å². The van der Waals surface area contributed by atoms with Gasteiger partial charge in [-0.3, -0.25) is 0 Å². The maximum absolute atomic E-state index is 5.39. The average molecular weight is 532 g/mol. The minimum atomic E-state index is 0.829. The van der Waals surface area contributed by atoms with Crippen molar-refractivity contribution >= 4 is 61.5 Å². The van der Waals surface area contributed by atoms with Crippen molar-refractivity contribution in [1.82, 2.24) is 0 Å². The van der Waals surface area contributed by atoms with Crippen molar-refractivity contribution in [2.75, 3.05) is 19.1 Å². The highest BCUT2D eigenvalue weighted by Crippen LogP contribution is 2.38. The molecule has 0 aliphatic carbocycles. The van der Waals surface area contributed by atoms with Crippen molar-refractivity contribution < 1.29 is 9.47 Å². The minimum Gasteiger partial charge on any atom is -0.497 e. The molecule has 7 aromatic carbocycles. The first-order chi connectivity index (χ1) is 20.2. The van der Waals surface area contributed by atoms with Crippen LogP contribution in [0, 0.1) is 0 Å². The third kappa shape index (κ3) is 4.52. The van der Waals surface area contributed by atoms with Gasteiger partial charge in [0.1, 0.15) is 11.5 Å². The maximum atomic E-state index is 5.39. The topological polar surface area (TPSA) is 21.7 Å². The standard InChI is InChI=1S/C38H29NO2/c1-40-34-21-17-32(18-22-34)39(33-19-23-35(41-2)24-20-33)31-15-7-26(8-16-31)6-9-27-10-11-30-13-12-28-4-3-5-29-14-25-36(27)38(30)37(28)29/h3-25H,1-2H3. The lowest BCUT2D eigenvalue weighted by Gasteiger charge is -2.26. The number of hydrogen-bond acceptors (Lipinski definition) is 3. The molecule has 0 fully saturated rings. The number of nitrogens with zero attached hydrogens (tertiary/aromatic N) is 1. The van der Waals surface area contributed by atoms with Crippen molar-refractivity contribution in [1.29, 1.82) is 0 Å². The molecule has 198 valence electrons. The van der Waals surface area contributed by atoms with Gasteiger partial charge in [-0.1, -0.05) is 78.9 Å². The van der Waals surface area contributed by atoms with Crippen molar-refractivity contribution in [2.45, 2.75) is 0 Å². The third-order valence-electron chi connectivity index (χ3n) is 7.83. The Kier molecular flexibility index (Phi) is 6.25. The molecule has 0 atom stereocenters. The van der Waals surface area contributed by atoms with Crippen molar-refractivity contribution in [2.24, 2.45) is 0 Å². The van der Waals surface area contributed by atoms with Crippen LogP contribution in [0.4, 0.5) is 17.1 Å². The number of hydrogen-bond donors (Lipinski definition) is 0. The van der Waals surface area contributed by atoms with E-state index in [2.05, 4.69) is 120 Å². The van der Waals surface area contributed by atoms with Gasteiger partial charge in [-0.25, -0.2) is 0 Å². The van der Waals surface area contributed by atoms with E-state index in [-0.39, 0.29) is 0 Å². The molecule has 7 rings (SSSR count). The fourth-order valence-electron chi connectivity index (χ4n) is 5.73. The first-order valence-electron chi connectivity index (χ1n) is 13.7. The number of methoxy groups -OCH3 is 2. The van der Waals surface area contributed by atoms with Gasteiger partial charge in [0.2, 0.25) is 0 Å². The molecule has 0 aliphatic heterocycles. The molecule has 0 radical (unpaired) electrons. The van der Waals surface area contributed by atoms with Crippen molar-refractivity contribution in [3.05, 3.63) is 139 Å². The summed E-state index contributed by atoms with van der Waals surface area (Å²) in [4.78, 5) is 2.23. The van der Waals surface area contributed by atoms with Crippen molar-refractivity contribution in [3.8, 4) is 11.5 Å². The number of rotatable bonds is 7. The summed E-state index contributed by atoms with van der Waals surface area (Å²) in [5.74, 6) is 1.66. The minimum absolute atomic E-state index is 0.829. The Morgan fingerprint density at radius 2 is 0.951 bits per heavy atom. The largest absolute Gasteiger partial charge is 0.497 e. The van der Waals surface area contributed by atoms with Gasteiger partial charge < -0.3 is 14.4 Å². The van der Waals surface area contributed by atoms with Crippen LogP contribution < -0.4 is 14.4 Å². The second kappa shape index (κ2) is 10.4. The number of ether oxygens (including phenoxy) is 2. The number of benzene rings is 7. The van der Waals surface area contributed by atoms with Gasteiger partial charge in [-0.2, -0.15) is 0 Å². The van der Waals surface area contributed by atoms with E-state index in [9.17, 15) is 0 Å². The third-order valence-corrected chi connectivity index (χ3v) is 7.83. The summed E-state index contributed by atoms with van der Waals surface area (Å²) in [6, 6.07) is 44.9. The summed E-state index contributed by atoms with van der Waals surface area (Å²) in [6.07, 6.45) is 4.42. The van der Waals surface area contributed by atoms with Crippen LogP contribution in [0.15, 0.2) is 127 Å². The van der Waals surface area contributed by atoms with Crippen LogP contribution >= 0.6 is 0 Å². The Morgan fingerprint density at radius 1 is 0.463 bits per heavy atom. The fraction of sp³-hybridized carbons (Fsp3) is 0.0526. The Balaban J connectivity index is 1.23. The Labute approximate surface area is 239 Å². The molecule has 3 heteroatoms. The predicted molar refractivity (Wildman–Crippen MR) is 173 cm³/mol. The summed E-state index contributed by atoms with van der Waals surface area (Å²) in [7, 11) is 3.37. The molecule has 0 spiro atoms. The van der Waals surface area contributed by atoms with Gasteiger partial charge in [0.05, 0.1) is 14.2 Å². The second-order valence-electron chi connectivity index (χ2n) is 10.2. The van der Waals surface area contributed by atoms with Crippen LogP contribution in [0.5, 0.6) is 11.5 Å². The van der Waals surface area contributed by atoms with Crippen LogP contribution in [-0.4, -0.2) is 14.2 Å². The molecule has 0 amide bonds. The number of anilines is 3. The summed E-state index contributed by atoms with van der Waals surface area (Å²) < 4.78 is 10.8. The van der Waals surface area contributed by atoms with E-state index in [0.717, 1.165) is 34.1 Å². The quantitative estimate of drug-likeness (QED) is 0.151. The molecule has 0 heterocycles. The Hall–Kier alpha value is -5.28. The van der Waals surface area contributed by atoms with E-state index in [4.69, 9.17) is 9.47 Å². The van der Waals surface area contributed by atoms with Gasteiger partial charge in [0.15, 0.2) is 0 Å².